The van der Waals surface area contributed by atoms with Gasteiger partial charge in [0.05, 0.1) is 6.61 Å². The zero-order valence-corrected chi connectivity index (χ0v) is 13.0. The summed E-state index contributed by atoms with van der Waals surface area (Å²) in [7, 11) is 0. The zero-order chi connectivity index (χ0) is 14.8. The van der Waals surface area contributed by atoms with Crippen LogP contribution >= 0.6 is 0 Å². The van der Waals surface area contributed by atoms with Crippen molar-refractivity contribution in [3.8, 4) is 5.88 Å². The molecule has 0 amide bonds. The zero-order valence-electron chi connectivity index (χ0n) is 13.0. The molecule has 0 aliphatic carbocycles. The van der Waals surface area contributed by atoms with E-state index < -0.39 is 0 Å². The maximum Gasteiger partial charge on any atom is 0.242 e. The summed E-state index contributed by atoms with van der Waals surface area (Å²) in [5.41, 5.74) is 6.60. The predicted molar refractivity (Wildman–Crippen MR) is 84.1 cm³/mol. The van der Waals surface area contributed by atoms with E-state index in [1.165, 1.54) is 19.2 Å². The summed E-state index contributed by atoms with van der Waals surface area (Å²) in [6.07, 6.45) is 8.25. The van der Waals surface area contributed by atoms with E-state index in [1.807, 2.05) is 0 Å². The van der Waals surface area contributed by atoms with Crippen LogP contribution in [0.4, 0.5) is 11.5 Å². The van der Waals surface area contributed by atoms with Crippen LogP contribution in [-0.4, -0.2) is 22.6 Å². The molecule has 20 heavy (non-hydrogen) atoms. The number of unbranched alkanes of at least 4 members (excludes halogenated alkanes) is 1. The second kappa shape index (κ2) is 9.39. The molecular weight excluding hydrogens is 252 g/mol. The van der Waals surface area contributed by atoms with Gasteiger partial charge in [0.15, 0.2) is 5.82 Å². The van der Waals surface area contributed by atoms with E-state index in [2.05, 4.69) is 36.1 Å². The maximum atomic E-state index is 6.08. The van der Waals surface area contributed by atoms with Crippen LogP contribution in [0.5, 0.6) is 5.88 Å². The minimum Gasteiger partial charge on any atom is -0.476 e. The van der Waals surface area contributed by atoms with E-state index in [0.29, 0.717) is 30.0 Å². The number of hydrogen-bond acceptors (Lipinski definition) is 5. The summed E-state index contributed by atoms with van der Waals surface area (Å²) >= 11 is 0. The molecule has 1 rings (SSSR count). The molecule has 0 aliphatic rings. The Morgan fingerprint density at radius 2 is 1.95 bits per heavy atom. The number of anilines is 2. The number of nitrogens with one attached hydrogen (secondary N) is 1. The lowest BCUT2D eigenvalue weighted by molar-refractivity contribution is 0.306. The highest BCUT2D eigenvalue weighted by Crippen LogP contribution is 2.26. The first kappa shape index (κ1) is 16.5. The molecule has 0 saturated heterocycles. The molecule has 0 saturated carbocycles. The Balaban J connectivity index is 2.73. The molecule has 0 aliphatic heterocycles. The van der Waals surface area contributed by atoms with Gasteiger partial charge >= 0.3 is 0 Å². The lowest BCUT2D eigenvalue weighted by atomic mass is 10.1. The summed E-state index contributed by atoms with van der Waals surface area (Å²) < 4.78 is 5.53. The number of nitrogens with zero attached hydrogens (tertiary/aromatic N) is 2. The van der Waals surface area contributed by atoms with Crippen LogP contribution in [0.1, 0.15) is 59.3 Å². The molecule has 1 aromatic rings. The van der Waals surface area contributed by atoms with E-state index in [-0.39, 0.29) is 0 Å². The SMILES string of the molecule is CCCCC(CCC)Nc1ncnc(OCCC)c1N. The summed E-state index contributed by atoms with van der Waals surface area (Å²) in [4.78, 5) is 8.34. The van der Waals surface area contributed by atoms with Gasteiger partial charge in [-0.25, -0.2) is 4.98 Å². The molecule has 0 bridgehead atoms. The average molecular weight is 280 g/mol. The van der Waals surface area contributed by atoms with Crippen molar-refractivity contribution < 1.29 is 4.74 Å². The third kappa shape index (κ3) is 5.23. The van der Waals surface area contributed by atoms with Crippen molar-refractivity contribution in [2.75, 3.05) is 17.7 Å². The Morgan fingerprint density at radius 1 is 1.15 bits per heavy atom. The fourth-order valence-corrected chi connectivity index (χ4v) is 2.09. The molecule has 1 aromatic heterocycles. The Hall–Kier alpha value is -1.52. The first-order valence-corrected chi connectivity index (χ1v) is 7.72. The molecule has 0 radical (unpaired) electrons. The molecule has 0 spiro atoms. The highest BCUT2D eigenvalue weighted by atomic mass is 16.5. The summed E-state index contributed by atoms with van der Waals surface area (Å²) in [6, 6.07) is 0.413. The monoisotopic (exact) mass is 280 g/mol. The topological polar surface area (TPSA) is 73.1 Å². The summed E-state index contributed by atoms with van der Waals surface area (Å²) in [6.45, 7) is 7.08. The molecule has 0 aromatic carbocycles. The first-order valence-electron chi connectivity index (χ1n) is 7.72. The number of hydrogen-bond donors (Lipinski definition) is 2. The molecule has 1 heterocycles. The van der Waals surface area contributed by atoms with Gasteiger partial charge < -0.3 is 15.8 Å². The Bertz CT molecular complexity index is 384. The number of aromatic nitrogens is 2. The lowest BCUT2D eigenvalue weighted by Gasteiger charge is -2.20. The maximum absolute atomic E-state index is 6.08. The van der Waals surface area contributed by atoms with Crippen molar-refractivity contribution in [3.05, 3.63) is 6.33 Å². The van der Waals surface area contributed by atoms with Gasteiger partial charge in [-0.05, 0) is 19.3 Å². The third-order valence-corrected chi connectivity index (χ3v) is 3.17. The van der Waals surface area contributed by atoms with Gasteiger partial charge in [0.1, 0.15) is 12.0 Å². The van der Waals surface area contributed by atoms with E-state index >= 15 is 0 Å². The summed E-state index contributed by atoms with van der Waals surface area (Å²) in [5, 5.41) is 3.44. The van der Waals surface area contributed by atoms with E-state index in [1.54, 1.807) is 0 Å². The van der Waals surface area contributed by atoms with Crippen LogP contribution in [0.2, 0.25) is 0 Å². The number of nitrogens with two attached hydrogens (primary N) is 1. The predicted octanol–water partition coefficient (Wildman–Crippen LogP) is 3.62. The Labute approximate surface area is 122 Å². The first-order chi connectivity index (χ1) is 9.72. The molecule has 114 valence electrons. The van der Waals surface area contributed by atoms with Gasteiger partial charge in [0.2, 0.25) is 5.88 Å². The van der Waals surface area contributed by atoms with Crippen molar-refractivity contribution in [1.82, 2.24) is 9.97 Å². The van der Waals surface area contributed by atoms with E-state index in [4.69, 9.17) is 10.5 Å². The van der Waals surface area contributed by atoms with Crippen molar-refractivity contribution >= 4 is 11.5 Å². The number of ether oxygens (including phenoxy) is 1. The van der Waals surface area contributed by atoms with Crippen LogP contribution in [0.25, 0.3) is 0 Å². The molecule has 5 nitrogen and oxygen atoms in total. The fraction of sp³-hybridized carbons (Fsp3) is 0.733. The highest BCUT2D eigenvalue weighted by Gasteiger charge is 2.13. The normalized spacial score (nSPS) is 12.2. The average Bonchev–Trinajstić information content (AvgIpc) is 2.45. The minimum atomic E-state index is 0.413. The Kier molecular flexibility index (Phi) is 7.77. The van der Waals surface area contributed by atoms with Crippen molar-refractivity contribution in [3.63, 3.8) is 0 Å². The molecule has 3 N–H and O–H groups in total. The van der Waals surface area contributed by atoms with Gasteiger partial charge in [0, 0.05) is 6.04 Å². The van der Waals surface area contributed by atoms with E-state index in [9.17, 15) is 0 Å². The molecule has 5 heteroatoms. The van der Waals surface area contributed by atoms with Crippen molar-refractivity contribution in [2.45, 2.75) is 65.3 Å². The van der Waals surface area contributed by atoms with Gasteiger partial charge in [-0.2, -0.15) is 4.98 Å². The van der Waals surface area contributed by atoms with Gasteiger partial charge in [0.25, 0.3) is 0 Å². The lowest BCUT2D eigenvalue weighted by Crippen LogP contribution is -2.21. The third-order valence-electron chi connectivity index (χ3n) is 3.17. The fourth-order valence-electron chi connectivity index (χ4n) is 2.09. The number of rotatable bonds is 10. The van der Waals surface area contributed by atoms with Gasteiger partial charge in [-0.15, -0.1) is 0 Å². The van der Waals surface area contributed by atoms with Crippen LogP contribution in [-0.2, 0) is 0 Å². The Morgan fingerprint density at radius 3 is 2.60 bits per heavy atom. The summed E-state index contributed by atoms with van der Waals surface area (Å²) in [5.74, 6) is 1.18. The molecule has 1 atom stereocenters. The van der Waals surface area contributed by atoms with Crippen molar-refractivity contribution in [1.29, 1.82) is 0 Å². The van der Waals surface area contributed by atoms with Crippen molar-refractivity contribution in [2.24, 2.45) is 0 Å². The second-order valence-corrected chi connectivity index (χ2v) is 5.06. The molecule has 1 unspecified atom stereocenters. The van der Waals surface area contributed by atoms with Gasteiger partial charge in [-0.1, -0.05) is 40.0 Å². The highest BCUT2D eigenvalue weighted by molar-refractivity contribution is 5.66. The van der Waals surface area contributed by atoms with Crippen LogP contribution < -0.4 is 15.8 Å². The minimum absolute atomic E-state index is 0.413. The molecular formula is C15H28N4O. The molecule has 0 fully saturated rings. The van der Waals surface area contributed by atoms with Gasteiger partial charge in [-0.3, -0.25) is 0 Å². The van der Waals surface area contributed by atoms with Crippen LogP contribution in [0.3, 0.4) is 0 Å². The second-order valence-electron chi connectivity index (χ2n) is 5.06. The number of nitrogen functional groups attached to an aromatic ring is 1. The quantitative estimate of drug-likeness (QED) is 0.685. The van der Waals surface area contributed by atoms with Crippen LogP contribution in [0, 0.1) is 0 Å². The van der Waals surface area contributed by atoms with Crippen LogP contribution in [0.15, 0.2) is 6.33 Å². The smallest absolute Gasteiger partial charge is 0.242 e. The largest absolute Gasteiger partial charge is 0.476 e. The van der Waals surface area contributed by atoms with E-state index in [0.717, 1.165) is 25.7 Å². The standard InChI is InChI=1S/C15H28N4O/c1-4-7-9-12(8-5-2)19-14-13(16)15(18-11-17-14)20-10-6-3/h11-12H,4-10,16H2,1-3H3,(H,17,18,19).